The van der Waals surface area contributed by atoms with Crippen molar-refractivity contribution >= 4 is 98.0 Å². The third-order valence-electron chi connectivity index (χ3n) is 10.1. The molecule has 0 saturated heterocycles. The van der Waals surface area contributed by atoms with E-state index < -0.39 is 56.5 Å². The average Bonchev–Trinajstić information content (AvgIpc) is 3.25. The van der Waals surface area contributed by atoms with Crippen LogP contribution >= 0.6 is 0 Å². The summed E-state index contributed by atoms with van der Waals surface area (Å²) in [4.78, 5) is -2.22. The predicted octanol–water partition coefficient (Wildman–Crippen LogP) is 13.2. The van der Waals surface area contributed by atoms with Crippen LogP contribution in [0.1, 0.15) is 27.8 Å². The molecule has 0 aliphatic heterocycles. The van der Waals surface area contributed by atoms with Crippen LogP contribution < -0.4 is 5.32 Å². The lowest BCUT2D eigenvalue weighted by molar-refractivity contribution is 0.472. The van der Waals surface area contributed by atoms with Gasteiger partial charge in [0.15, 0.2) is 5.75 Å². The summed E-state index contributed by atoms with van der Waals surface area (Å²) < 4.78 is 101. The maximum Gasteiger partial charge on any atom is 0.296 e. The molecule has 0 unspecified atom stereocenters. The first-order valence-electron chi connectivity index (χ1n) is 19.7. The molecule has 19 nitrogen and oxygen atoms in total. The Morgan fingerprint density at radius 2 is 0.896 bits per heavy atom. The van der Waals surface area contributed by atoms with Crippen LogP contribution in [0.4, 0.5) is 56.9 Å². The summed E-state index contributed by atoms with van der Waals surface area (Å²) in [5, 5.41) is 48.8. The molecular weight excluding hydrogens is 923 g/mol. The van der Waals surface area contributed by atoms with Crippen LogP contribution in [0.15, 0.2) is 171 Å². The highest BCUT2D eigenvalue weighted by Gasteiger charge is 2.23. The molecular formula is C45H39N9O10S3. The van der Waals surface area contributed by atoms with E-state index in [1.54, 1.807) is 87.5 Å². The van der Waals surface area contributed by atoms with Gasteiger partial charge in [-0.25, -0.2) is 0 Å². The Bertz CT molecular complexity index is 3600. The van der Waals surface area contributed by atoms with Crippen molar-refractivity contribution in [1.82, 2.24) is 0 Å². The number of nitrogens with zero attached hydrogens (tertiary/aromatic N) is 8. The van der Waals surface area contributed by atoms with Crippen molar-refractivity contribution in [3.05, 3.63) is 143 Å². The van der Waals surface area contributed by atoms with Crippen LogP contribution in [-0.4, -0.2) is 44.0 Å². The minimum atomic E-state index is -4.92. The Kier molecular flexibility index (Phi) is 13.3. The van der Waals surface area contributed by atoms with Gasteiger partial charge in [0.1, 0.15) is 21.2 Å². The van der Waals surface area contributed by atoms with Gasteiger partial charge in [-0.1, -0.05) is 17.7 Å². The third kappa shape index (κ3) is 11.3. The van der Waals surface area contributed by atoms with E-state index in [1.165, 1.54) is 6.07 Å². The second kappa shape index (κ2) is 18.8. The fourth-order valence-electron chi connectivity index (χ4n) is 6.53. The molecule has 0 fully saturated rings. The molecule has 7 aromatic rings. The fourth-order valence-corrected chi connectivity index (χ4v) is 8.42. The van der Waals surface area contributed by atoms with Crippen molar-refractivity contribution < 1.29 is 44.0 Å². The normalized spacial score (nSPS) is 12.7. The highest BCUT2D eigenvalue weighted by atomic mass is 32.2. The lowest BCUT2D eigenvalue weighted by Crippen LogP contribution is -2.03. The van der Waals surface area contributed by atoms with Crippen molar-refractivity contribution in [2.24, 2.45) is 40.9 Å². The lowest BCUT2D eigenvalue weighted by atomic mass is 10.1. The molecule has 0 bridgehead atoms. The summed E-state index contributed by atoms with van der Waals surface area (Å²) in [5.41, 5.74) is 7.05. The molecule has 22 heteroatoms. The standard InChI is InChI=1S/C45H39N9O10S3/c1-25-6-8-31(9-7-25)46-32-10-14-36-30(22-32)23-43(67(62,63)64)44(45(36)55)54-53-41-21-28(4)40(20-29(41)5)52-48-34-11-15-37(26(2)18-34)49-47-33-12-16-38(27(3)19-33)50-51-39-17-13-35(65(56,57)58)24-42(39)66(59,60)61/h6-24,46,55H,1-5H3,(H,56,57,58)(H,59,60,61)(H,62,63,64). The summed E-state index contributed by atoms with van der Waals surface area (Å²) in [7, 11) is -14.5. The fraction of sp³-hybridized carbons (Fsp3) is 0.111. The first-order chi connectivity index (χ1) is 31.5. The van der Waals surface area contributed by atoms with E-state index in [4.69, 9.17) is 0 Å². The van der Waals surface area contributed by atoms with Crippen LogP contribution in [0.2, 0.25) is 0 Å². The van der Waals surface area contributed by atoms with E-state index in [1.807, 2.05) is 38.1 Å². The number of anilines is 2. The zero-order valence-corrected chi connectivity index (χ0v) is 38.5. The molecule has 7 rings (SSSR count). The Hall–Kier alpha value is -7.47. The number of nitrogens with one attached hydrogen (secondary N) is 1. The minimum Gasteiger partial charge on any atom is -0.505 e. The molecule has 67 heavy (non-hydrogen) atoms. The zero-order chi connectivity index (χ0) is 48.4. The van der Waals surface area contributed by atoms with Crippen molar-refractivity contribution in [3.8, 4) is 5.75 Å². The predicted molar refractivity (Wildman–Crippen MR) is 251 cm³/mol. The second-order valence-electron chi connectivity index (χ2n) is 15.2. The summed E-state index contributed by atoms with van der Waals surface area (Å²) >= 11 is 0. The average molecular weight is 962 g/mol. The Morgan fingerprint density at radius 3 is 1.43 bits per heavy atom. The van der Waals surface area contributed by atoms with Crippen LogP contribution in [0.3, 0.4) is 0 Å². The zero-order valence-electron chi connectivity index (χ0n) is 36.0. The minimum absolute atomic E-state index is 0.298. The quantitative estimate of drug-likeness (QED) is 0.0534. The maximum atomic E-state index is 12.5. The number of rotatable bonds is 13. The first kappa shape index (κ1) is 47.5. The topological polar surface area (TPSA) is 294 Å². The van der Waals surface area contributed by atoms with E-state index in [9.17, 15) is 44.0 Å². The first-order valence-corrected chi connectivity index (χ1v) is 24.0. The molecule has 0 spiro atoms. The van der Waals surface area contributed by atoms with Gasteiger partial charge in [0.25, 0.3) is 30.4 Å². The Balaban J connectivity index is 1.05. The molecule has 0 atom stereocenters. The van der Waals surface area contributed by atoms with Gasteiger partial charge >= 0.3 is 0 Å². The Morgan fingerprint density at radius 1 is 0.418 bits per heavy atom. The van der Waals surface area contributed by atoms with Gasteiger partial charge in [-0.15, -0.1) is 10.2 Å². The van der Waals surface area contributed by atoms with E-state index >= 15 is 0 Å². The number of fused-ring (bicyclic) bond motifs is 1. The Labute approximate surface area is 384 Å². The van der Waals surface area contributed by atoms with Crippen molar-refractivity contribution in [2.75, 3.05) is 5.32 Å². The smallest absolute Gasteiger partial charge is 0.296 e. The largest absolute Gasteiger partial charge is 0.505 e. The van der Waals surface area contributed by atoms with Gasteiger partial charge in [-0.3, -0.25) is 13.7 Å². The SMILES string of the molecule is Cc1ccc(Nc2ccc3c(O)c(N=Nc4cc(C)c(N=Nc5ccc(N=Nc6ccc(N=Nc7ccc(S(=O)(=O)O)cc7S(=O)(=O)O)c(C)c6)c(C)c5)cc4C)c(S(=O)(=O)O)cc3c2)cc1. The summed E-state index contributed by atoms with van der Waals surface area (Å²) in [6, 6.07) is 29.8. The maximum absolute atomic E-state index is 12.5. The molecule has 0 aromatic heterocycles. The summed E-state index contributed by atoms with van der Waals surface area (Å²) in [6.45, 7) is 9.03. The number of hydrogen-bond acceptors (Lipinski definition) is 16. The molecule has 0 amide bonds. The number of aromatic hydroxyl groups is 1. The number of phenolic OH excluding ortho intramolecular Hbond substituents is 1. The molecule has 0 radical (unpaired) electrons. The highest BCUT2D eigenvalue weighted by Crippen LogP contribution is 2.43. The number of hydrogen-bond donors (Lipinski definition) is 5. The highest BCUT2D eigenvalue weighted by molar-refractivity contribution is 7.87. The van der Waals surface area contributed by atoms with Crippen LogP contribution in [0, 0.1) is 34.6 Å². The number of benzene rings is 7. The summed E-state index contributed by atoms with van der Waals surface area (Å²) in [6.07, 6.45) is 0. The van der Waals surface area contributed by atoms with E-state index in [0.29, 0.717) is 73.3 Å². The molecule has 0 aliphatic rings. The van der Waals surface area contributed by atoms with Crippen molar-refractivity contribution in [1.29, 1.82) is 0 Å². The molecule has 5 N–H and O–H groups in total. The van der Waals surface area contributed by atoms with Gasteiger partial charge in [-0.05, 0) is 165 Å². The summed E-state index contributed by atoms with van der Waals surface area (Å²) in [5.74, 6) is -0.473. The lowest BCUT2D eigenvalue weighted by Gasteiger charge is -2.12. The van der Waals surface area contributed by atoms with E-state index in [0.717, 1.165) is 28.9 Å². The molecule has 0 heterocycles. The van der Waals surface area contributed by atoms with Gasteiger partial charge in [0, 0.05) is 16.8 Å². The number of aryl methyl sites for hydroxylation is 5. The monoisotopic (exact) mass is 961 g/mol. The molecule has 342 valence electrons. The van der Waals surface area contributed by atoms with Crippen LogP contribution in [-0.2, 0) is 30.4 Å². The van der Waals surface area contributed by atoms with Gasteiger partial charge < -0.3 is 10.4 Å². The van der Waals surface area contributed by atoms with Crippen molar-refractivity contribution in [3.63, 3.8) is 0 Å². The van der Waals surface area contributed by atoms with E-state index in [-0.39, 0.29) is 5.69 Å². The van der Waals surface area contributed by atoms with Crippen LogP contribution in [0.5, 0.6) is 5.75 Å². The molecule has 7 aromatic carbocycles. The van der Waals surface area contributed by atoms with E-state index in [2.05, 4.69) is 46.2 Å². The van der Waals surface area contributed by atoms with Crippen molar-refractivity contribution in [2.45, 2.75) is 49.3 Å². The number of phenols is 1. The molecule has 0 saturated carbocycles. The van der Waals surface area contributed by atoms with Crippen LogP contribution in [0.25, 0.3) is 10.8 Å². The van der Waals surface area contributed by atoms with Gasteiger partial charge in [0.05, 0.1) is 39.0 Å². The molecule has 0 aliphatic carbocycles. The third-order valence-corrected chi connectivity index (χ3v) is 12.7. The second-order valence-corrected chi connectivity index (χ2v) is 19.4. The number of azo groups is 4. The van der Waals surface area contributed by atoms with Gasteiger partial charge in [0.2, 0.25) is 0 Å². The van der Waals surface area contributed by atoms with Gasteiger partial charge in [-0.2, -0.15) is 55.9 Å².